The zero-order valence-electron chi connectivity index (χ0n) is 25.5. The van der Waals surface area contributed by atoms with Crippen LogP contribution in [0.4, 0.5) is 18.9 Å². The molecular formula is C33H30F3N7O5. The van der Waals surface area contributed by atoms with Crippen molar-refractivity contribution < 1.29 is 32.6 Å². The number of benzene rings is 1. The molecule has 4 aliphatic rings. The summed E-state index contributed by atoms with van der Waals surface area (Å²) in [5.41, 5.74) is 0.621. The molecule has 1 spiro atoms. The van der Waals surface area contributed by atoms with Crippen LogP contribution in [-0.4, -0.2) is 72.3 Å². The Morgan fingerprint density at radius 2 is 1.90 bits per heavy atom. The van der Waals surface area contributed by atoms with Crippen LogP contribution in [0.15, 0.2) is 53.5 Å². The molecule has 48 heavy (non-hydrogen) atoms. The van der Waals surface area contributed by atoms with E-state index in [0.717, 1.165) is 29.8 Å². The van der Waals surface area contributed by atoms with Gasteiger partial charge in [-0.3, -0.25) is 14.4 Å². The van der Waals surface area contributed by atoms with Crippen LogP contribution >= 0.6 is 0 Å². The molecule has 2 fully saturated rings. The molecule has 2 aliphatic heterocycles. The fourth-order valence-electron chi connectivity index (χ4n) is 7.77. The number of anilines is 1. The number of hydrogen-bond donors (Lipinski definition) is 2. The van der Waals surface area contributed by atoms with Gasteiger partial charge in [0.05, 0.1) is 18.8 Å². The molecule has 0 radical (unpaired) electrons. The van der Waals surface area contributed by atoms with Crippen LogP contribution in [0.3, 0.4) is 0 Å². The van der Waals surface area contributed by atoms with Crippen molar-refractivity contribution in [1.82, 2.24) is 29.0 Å². The minimum Gasteiger partial charge on any atom is -0.505 e. The van der Waals surface area contributed by atoms with Gasteiger partial charge >= 0.3 is 6.18 Å². The number of aromatic hydroxyl groups is 1. The largest absolute Gasteiger partial charge is 0.505 e. The van der Waals surface area contributed by atoms with Crippen LogP contribution in [-0.2, 0) is 27.7 Å². The van der Waals surface area contributed by atoms with Gasteiger partial charge in [0.15, 0.2) is 11.5 Å². The number of likely N-dealkylation sites (tertiary alicyclic amines) is 1. The Morgan fingerprint density at radius 3 is 2.58 bits per heavy atom. The van der Waals surface area contributed by atoms with Crippen LogP contribution in [0.1, 0.15) is 64.7 Å². The Balaban J connectivity index is 1.16. The SMILES string of the molecule is O=C(Cn1c2c(c(=O)n3nc(C4=CCOCC4)nc13)C1(CCN(C(=O)c3ncccc3O)CC1)C1CC21)Nc1ccc(C(F)(F)F)cc1. The number of aromatic nitrogens is 5. The Hall–Kier alpha value is -5.05. The van der Waals surface area contributed by atoms with Gasteiger partial charge in [-0.05, 0) is 73.6 Å². The third kappa shape index (κ3) is 4.86. The van der Waals surface area contributed by atoms with Crippen molar-refractivity contribution in [2.45, 2.75) is 49.7 Å². The Labute approximate surface area is 270 Å². The summed E-state index contributed by atoms with van der Waals surface area (Å²) < 4.78 is 47.7. The van der Waals surface area contributed by atoms with Gasteiger partial charge in [0.25, 0.3) is 11.5 Å². The predicted molar refractivity (Wildman–Crippen MR) is 164 cm³/mol. The second-order valence-electron chi connectivity index (χ2n) is 12.7. The number of halogens is 3. The summed E-state index contributed by atoms with van der Waals surface area (Å²) in [5, 5.41) is 17.5. The molecule has 8 rings (SSSR count). The highest BCUT2D eigenvalue weighted by Crippen LogP contribution is 2.67. The topological polar surface area (TPSA) is 144 Å². The van der Waals surface area contributed by atoms with E-state index in [1.54, 1.807) is 15.5 Å². The van der Waals surface area contributed by atoms with Crippen molar-refractivity contribution >= 4 is 28.9 Å². The quantitative estimate of drug-likeness (QED) is 0.329. The average molecular weight is 662 g/mol. The molecule has 15 heteroatoms. The highest BCUT2D eigenvalue weighted by atomic mass is 19.4. The Morgan fingerprint density at radius 1 is 1.12 bits per heavy atom. The summed E-state index contributed by atoms with van der Waals surface area (Å²) in [6, 6.07) is 7.17. The van der Waals surface area contributed by atoms with Crippen molar-refractivity contribution in [3.8, 4) is 5.75 Å². The van der Waals surface area contributed by atoms with Crippen molar-refractivity contribution in [1.29, 1.82) is 0 Å². The highest BCUT2D eigenvalue weighted by molar-refractivity contribution is 5.95. The van der Waals surface area contributed by atoms with Gasteiger partial charge in [-0.2, -0.15) is 22.7 Å². The molecule has 5 heterocycles. The number of fused-ring (bicyclic) bond motifs is 6. The zero-order chi connectivity index (χ0) is 33.4. The lowest BCUT2D eigenvalue weighted by Gasteiger charge is -2.41. The lowest BCUT2D eigenvalue weighted by atomic mass is 9.71. The van der Waals surface area contributed by atoms with Crippen LogP contribution in [0.25, 0.3) is 11.4 Å². The number of nitrogens with zero attached hydrogens (tertiary/aromatic N) is 6. The van der Waals surface area contributed by atoms with Gasteiger partial charge in [0, 0.05) is 47.6 Å². The lowest BCUT2D eigenvalue weighted by molar-refractivity contribution is -0.137. The van der Waals surface area contributed by atoms with Crippen molar-refractivity contribution in [2.24, 2.45) is 5.92 Å². The van der Waals surface area contributed by atoms with Gasteiger partial charge in [-0.15, -0.1) is 5.10 Å². The minimum absolute atomic E-state index is 0.00102. The molecule has 2 unspecified atom stereocenters. The van der Waals surface area contributed by atoms with Crippen LogP contribution < -0.4 is 10.9 Å². The normalized spacial score (nSPS) is 21.1. The molecule has 1 saturated heterocycles. The molecule has 1 saturated carbocycles. The molecular weight excluding hydrogens is 631 g/mol. The molecule has 12 nitrogen and oxygen atoms in total. The van der Waals surface area contributed by atoms with Crippen LogP contribution in [0.2, 0.25) is 0 Å². The number of alkyl halides is 3. The van der Waals surface area contributed by atoms with E-state index in [1.165, 1.54) is 28.9 Å². The van der Waals surface area contributed by atoms with Crippen LogP contribution in [0, 0.1) is 5.92 Å². The van der Waals surface area contributed by atoms with E-state index in [9.17, 15) is 32.7 Å². The summed E-state index contributed by atoms with van der Waals surface area (Å²) in [6.45, 7) is 1.32. The molecule has 2 N–H and O–H groups in total. The van der Waals surface area contributed by atoms with E-state index in [0.29, 0.717) is 57.0 Å². The molecule has 248 valence electrons. The van der Waals surface area contributed by atoms with E-state index in [1.807, 2.05) is 6.08 Å². The molecule has 2 amide bonds. The molecule has 0 bridgehead atoms. The first-order valence-corrected chi connectivity index (χ1v) is 15.8. The number of carbonyl (C=O) groups excluding carboxylic acids is 2. The van der Waals surface area contributed by atoms with Gasteiger partial charge in [0.2, 0.25) is 11.7 Å². The smallest absolute Gasteiger partial charge is 0.416 e. The molecule has 1 aromatic carbocycles. The molecule has 3 aromatic heterocycles. The zero-order valence-corrected chi connectivity index (χ0v) is 25.5. The van der Waals surface area contributed by atoms with Crippen molar-refractivity contribution in [3.05, 3.63) is 87.4 Å². The molecule has 2 atom stereocenters. The second kappa shape index (κ2) is 11.0. The fourth-order valence-corrected chi connectivity index (χ4v) is 7.77. The average Bonchev–Trinajstić information content (AvgIpc) is 3.67. The molecule has 4 aromatic rings. The lowest BCUT2D eigenvalue weighted by Crippen LogP contribution is -2.48. The number of rotatable bonds is 5. The van der Waals surface area contributed by atoms with E-state index >= 15 is 0 Å². The highest BCUT2D eigenvalue weighted by Gasteiger charge is 2.64. The van der Waals surface area contributed by atoms with Crippen molar-refractivity contribution in [2.75, 3.05) is 31.6 Å². The number of ether oxygens (including phenoxy) is 1. The number of nitrogens with one attached hydrogen (secondary N) is 1. The number of amides is 2. The third-order valence-electron chi connectivity index (χ3n) is 10.1. The number of piperidine rings is 1. The first-order chi connectivity index (χ1) is 23.0. The summed E-state index contributed by atoms with van der Waals surface area (Å²) in [4.78, 5) is 51.5. The number of hydrogen-bond acceptors (Lipinski definition) is 8. The Kier molecular flexibility index (Phi) is 6.95. The van der Waals surface area contributed by atoms with E-state index < -0.39 is 23.1 Å². The summed E-state index contributed by atoms with van der Waals surface area (Å²) in [5.74, 6) is -0.357. The fraction of sp³-hybridized carbons (Fsp3) is 0.394. The third-order valence-corrected chi connectivity index (χ3v) is 10.1. The van der Waals surface area contributed by atoms with E-state index in [4.69, 9.17) is 9.72 Å². The summed E-state index contributed by atoms with van der Waals surface area (Å²) in [6.07, 6.45) is 1.18. The van der Waals surface area contributed by atoms with Gasteiger partial charge in [-0.25, -0.2) is 4.98 Å². The number of pyridine rings is 1. The standard InChI is InChI=1S/C33H30F3N7O5/c34-33(35,36)19-3-5-20(6-4-19)38-24(45)17-42-27-21-16-22(21)32(9-12-41(13-10-32)30(47)26-23(44)2-1-11-37-26)25(27)29(46)43-31(42)39-28(40-43)18-7-14-48-15-8-18/h1-7,11,21-22,44H,8-10,12-17H2,(H,38,45). The maximum atomic E-state index is 14.4. The van der Waals surface area contributed by atoms with Gasteiger partial charge < -0.3 is 24.6 Å². The summed E-state index contributed by atoms with van der Waals surface area (Å²) >= 11 is 0. The van der Waals surface area contributed by atoms with E-state index in [-0.39, 0.29) is 52.8 Å². The maximum Gasteiger partial charge on any atom is 0.416 e. The predicted octanol–water partition coefficient (Wildman–Crippen LogP) is 3.74. The maximum absolute atomic E-state index is 14.4. The number of carbonyl (C=O) groups is 2. The molecule has 2 aliphatic carbocycles. The first-order valence-electron chi connectivity index (χ1n) is 15.8. The monoisotopic (exact) mass is 661 g/mol. The summed E-state index contributed by atoms with van der Waals surface area (Å²) in [7, 11) is 0. The van der Waals surface area contributed by atoms with E-state index in [2.05, 4.69) is 15.4 Å². The van der Waals surface area contributed by atoms with Gasteiger partial charge in [-0.1, -0.05) is 6.08 Å². The minimum atomic E-state index is -4.50. The van der Waals surface area contributed by atoms with Crippen molar-refractivity contribution in [3.63, 3.8) is 0 Å². The van der Waals surface area contributed by atoms with Crippen LogP contribution in [0.5, 0.6) is 5.75 Å². The first kappa shape index (κ1) is 30.3. The Bertz CT molecular complexity index is 2060. The second-order valence-corrected chi connectivity index (χ2v) is 12.7. The van der Waals surface area contributed by atoms with Gasteiger partial charge in [0.1, 0.15) is 12.3 Å².